The first kappa shape index (κ1) is 23.6. The van der Waals surface area contributed by atoms with Crippen molar-refractivity contribution in [3.05, 3.63) is 60.3 Å². The Morgan fingerprint density at radius 1 is 1.14 bits per heavy atom. The molecule has 3 heterocycles. The van der Waals surface area contributed by atoms with Gasteiger partial charge in [0, 0.05) is 37.6 Å². The number of morpholine rings is 1. The Hall–Kier alpha value is -3.11. The summed E-state index contributed by atoms with van der Waals surface area (Å²) in [4.78, 5) is 17.1. The van der Waals surface area contributed by atoms with Crippen LogP contribution in [0, 0.1) is 5.92 Å². The van der Waals surface area contributed by atoms with Gasteiger partial charge in [0.2, 0.25) is 5.91 Å². The minimum atomic E-state index is -0.570. The van der Waals surface area contributed by atoms with E-state index in [1.54, 1.807) is 7.11 Å². The Kier molecular flexibility index (Phi) is 7.19. The number of ether oxygens (including phenoxy) is 3. The van der Waals surface area contributed by atoms with Gasteiger partial charge in [0.25, 0.3) is 0 Å². The molecule has 3 unspecified atom stereocenters. The first-order valence-corrected chi connectivity index (χ1v) is 12.0. The molecule has 3 atom stereocenters. The summed E-state index contributed by atoms with van der Waals surface area (Å²) in [6, 6.07) is 15.5. The summed E-state index contributed by atoms with van der Waals surface area (Å²) in [5.41, 5.74) is 2.83. The molecule has 0 aromatic heterocycles. The molecule has 3 aliphatic heterocycles. The number of nitrogens with one attached hydrogen (secondary N) is 2. The van der Waals surface area contributed by atoms with Crippen LogP contribution in [0.15, 0.2) is 54.7 Å². The fourth-order valence-electron chi connectivity index (χ4n) is 4.83. The number of rotatable bonds is 8. The summed E-state index contributed by atoms with van der Waals surface area (Å²) >= 11 is 0. The largest absolute Gasteiger partial charge is 0.497 e. The molecule has 2 aromatic carbocycles. The van der Waals surface area contributed by atoms with Crippen LogP contribution in [0.3, 0.4) is 0 Å². The van der Waals surface area contributed by atoms with Crippen LogP contribution in [0.25, 0.3) is 5.57 Å². The van der Waals surface area contributed by atoms with Crippen LogP contribution in [0.2, 0.25) is 0 Å². The van der Waals surface area contributed by atoms with Gasteiger partial charge >= 0.3 is 0 Å². The van der Waals surface area contributed by atoms with Gasteiger partial charge in [-0.25, -0.2) is 0 Å². The highest BCUT2D eigenvalue weighted by Crippen LogP contribution is 2.39. The molecule has 2 aromatic rings. The molecule has 9 heteroatoms. The zero-order valence-corrected chi connectivity index (χ0v) is 19.9. The zero-order chi connectivity index (χ0) is 24.2. The average Bonchev–Trinajstić information content (AvgIpc) is 3.29. The second-order valence-electron chi connectivity index (χ2n) is 8.94. The number of benzene rings is 2. The number of nitrogens with zero attached hydrogens (tertiary/aromatic N) is 2. The third kappa shape index (κ3) is 5.28. The number of hydrogen-bond donors (Lipinski definition) is 3. The van der Waals surface area contributed by atoms with Gasteiger partial charge in [-0.05, 0) is 35.4 Å². The van der Waals surface area contributed by atoms with E-state index in [1.807, 2.05) is 54.7 Å². The number of amides is 1. The predicted octanol–water partition coefficient (Wildman–Crippen LogP) is 1.25. The lowest BCUT2D eigenvalue weighted by atomic mass is 9.91. The van der Waals surface area contributed by atoms with Gasteiger partial charge in [0.15, 0.2) is 0 Å². The molecule has 35 heavy (non-hydrogen) atoms. The Labute approximate surface area is 205 Å². The van der Waals surface area contributed by atoms with Gasteiger partial charge in [-0.1, -0.05) is 18.2 Å². The fourth-order valence-corrected chi connectivity index (χ4v) is 4.83. The van der Waals surface area contributed by atoms with Crippen LogP contribution in [-0.2, 0) is 9.53 Å². The van der Waals surface area contributed by atoms with Crippen LogP contribution in [-0.4, -0.2) is 81.4 Å². The number of fused-ring (bicyclic) bond motifs is 1. The fraction of sp³-hybridized carbons (Fsp3) is 0.423. The Morgan fingerprint density at radius 2 is 1.94 bits per heavy atom. The van der Waals surface area contributed by atoms with E-state index >= 15 is 0 Å². The number of carbonyl (C=O) groups excluding carboxylic acids is 1. The van der Waals surface area contributed by atoms with Crippen molar-refractivity contribution >= 4 is 17.2 Å². The van der Waals surface area contributed by atoms with Gasteiger partial charge in [0.1, 0.15) is 30.4 Å². The van der Waals surface area contributed by atoms with Crippen molar-refractivity contribution in [1.82, 2.24) is 15.5 Å². The summed E-state index contributed by atoms with van der Waals surface area (Å²) in [5.74, 6) is 1.09. The van der Waals surface area contributed by atoms with E-state index in [0.29, 0.717) is 32.2 Å². The van der Waals surface area contributed by atoms with Crippen LogP contribution < -0.4 is 25.0 Å². The molecule has 5 rings (SSSR count). The minimum absolute atomic E-state index is 0.00282. The molecular weight excluding hydrogens is 448 g/mol. The Balaban J connectivity index is 1.29. The SMILES string of the molecule is COc1cccc(N2C=C(c3ccc(OCC(O)CN4CCOCC4)cc3)C3C(=O)NCNC32)c1. The highest BCUT2D eigenvalue weighted by molar-refractivity contribution is 5.96. The standard InChI is InChI=1S/C26H32N4O5/c1-33-22-4-2-3-19(13-22)30-15-23(24-25(30)27-17-28-26(24)32)18-5-7-21(8-6-18)35-16-20(31)14-29-9-11-34-12-10-29/h2-8,13,15,20,24-25,27,31H,9-12,14,16-17H2,1H3,(H,28,32). The number of β-amino-alcohol motifs (C(OH)–C–C–N with tert-alkyl or cyclic N) is 1. The molecule has 0 saturated carbocycles. The van der Waals surface area contributed by atoms with Crippen LogP contribution >= 0.6 is 0 Å². The molecule has 2 fully saturated rings. The quantitative estimate of drug-likeness (QED) is 0.520. The summed E-state index contributed by atoms with van der Waals surface area (Å²) in [7, 11) is 1.64. The van der Waals surface area contributed by atoms with E-state index < -0.39 is 6.10 Å². The maximum Gasteiger partial charge on any atom is 0.232 e. The molecular formula is C26H32N4O5. The number of aliphatic hydroxyl groups is 1. The second-order valence-corrected chi connectivity index (χ2v) is 8.94. The van der Waals surface area contributed by atoms with Crippen molar-refractivity contribution in [1.29, 1.82) is 0 Å². The van der Waals surface area contributed by atoms with Gasteiger partial charge in [-0.2, -0.15) is 0 Å². The van der Waals surface area contributed by atoms with Crippen molar-refractivity contribution in [2.45, 2.75) is 12.3 Å². The summed E-state index contributed by atoms with van der Waals surface area (Å²) in [6.07, 6.45) is 1.28. The summed E-state index contributed by atoms with van der Waals surface area (Å²) in [5, 5.41) is 16.7. The van der Waals surface area contributed by atoms with E-state index in [2.05, 4.69) is 20.4 Å². The van der Waals surface area contributed by atoms with E-state index in [9.17, 15) is 9.90 Å². The van der Waals surface area contributed by atoms with E-state index in [0.717, 1.165) is 35.7 Å². The topological polar surface area (TPSA) is 95.5 Å². The first-order chi connectivity index (χ1) is 17.1. The lowest BCUT2D eigenvalue weighted by molar-refractivity contribution is -0.125. The third-order valence-electron chi connectivity index (χ3n) is 6.64. The number of carbonyl (C=O) groups is 1. The third-order valence-corrected chi connectivity index (χ3v) is 6.64. The van der Waals surface area contributed by atoms with E-state index in [4.69, 9.17) is 14.2 Å². The monoisotopic (exact) mass is 480 g/mol. The smallest absolute Gasteiger partial charge is 0.232 e. The van der Waals surface area contributed by atoms with Crippen molar-refractivity contribution in [3.8, 4) is 11.5 Å². The van der Waals surface area contributed by atoms with Crippen LogP contribution in [0.4, 0.5) is 5.69 Å². The van der Waals surface area contributed by atoms with E-state index in [1.165, 1.54) is 0 Å². The molecule has 3 aliphatic rings. The van der Waals surface area contributed by atoms with Gasteiger partial charge < -0.3 is 29.5 Å². The van der Waals surface area contributed by atoms with E-state index in [-0.39, 0.29) is 24.6 Å². The molecule has 2 saturated heterocycles. The molecule has 0 spiro atoms. The van der Waals surface area contributed by atoms with Crippen molar-refractivity contribution < 1.29 is 24.1 Å². The lowest BCUT2D eigenvalue weighted by Gasteiger charge is -2.34. The predicted molar refractivity (Wildman–Crippen MR) is 132 cm³/mol. The van der Waals surface area contributed by atoms with Crippen molar-refractivity contribution in [2.24, 2.45) is 5.92 Å². The molecule has 0 bridgehead atoms. The lowest BCUT2D eigenvalue weighted by Crippen LogP contribution is -2.58. The molecule has 0 aliphatic carbocycles. The molecule has 9 nitrogen and oxygen atoms in total. The van der Waals surface area contributed by atoms with Crippen LogP contribution in [0.5, 0.6) is 11.5 Å². The van der Waals surface area contributed by atoms with Gasteiger partial charge in [0.05, 0.1) is 32.9 Å². The molecule has 0 radical (unpaired) electrons. The molecule has 186 valence electrons. The Bertz CT molecular complexity index is 1050. The van der Waals surface area contributed by atoms with Crippen molar-refractivity contribution in [2.75, 3.05) is 58.1 Å². The summed E-state index contributed by atoms with van der Waals surface area (Å²) < 4.78 is 16.6. The molecule has 1 amide bonds. The number of anilines is 1. The second kappa shape index (κ2) is 10.7. The van der Waals surface area contributed by atoms with Gasteiger partial charge in [-0.15, -0.1) is 0 Å². The summed E-state index contributed by atoms with van der Waals surface area (Å²) in [6.45, 7) is 4.28. The maximum atomic E-state index is 12.9. The molecule has 3 N–H and O–H groups in total. The number of methoxy groups -OCH3 is 1. The minimum Gasteiger partial charge on any atom is -0.497 e. The average molecular weight is 481 g/mol. The maximum absolute atomic E-state index is 12.9. The highest BCUT2D eigenvalue weighted by Gasteiger charge is 2.43. The number of hydrogen-bond acceptors (Lipinski definition) is 8. The van der Waals surface area contributed by atoms with Crippen molar-refractivity contribution in [3.63, 3.8) is 0 Å². The first-order valence-electron chi connectivity index (χ1n) is 12.0. The zero-order valence-electron chi connectivity index (χ0n) is 19.9. The highest BCUT2D eigenvalue weighted by atomic mass is 16.5. The van der Waals surface area contributed by atoms with Gasteiger partial charge in [-0.3, -0.25) is 15.0 Å². The Morgan fingerprint density at radius 3 is 2.71 bits per heavy atom. The number of aliphatic hydroxyl groups excluding tert-OH is 1. The normalized spacial score (nSPS) is 23.3. The van der Waals surface area contributed by atoms with Crippen LogP contribution in [0.1, 0.15) is 5.56 Å².